The summed E-state index contributed by atoms with van der Waals surface area (Å²) in [4.78, 5) is 28.0. The summed E-state index contributed by atoms with van der Waals surface area (Å²) in [6.45, 7) is 10.1. The average Bonchev–Trinajstić information content (AvgIpc) is 2.71. The lowest BCUT2D eigenvalue weighted by molar-refractivity contribution is -0.139. The van der Waals surface area contributed by atoms with Crippen molar-refractivity contribution in [2.75, 3.05) is 57.4 Å². The zero-order chi connectivity index (χ0) is 18.7. The molecule has 1 aromatic rings. The predicted molar refractivity (Wildman–Crippen MR) is 103 cm³/mol. The number of likely N-dealkylation sites (tertiary alicyclic amines) is 2. The molecule has 0 aromatic carbocycles. The van der Waals surface area contributed by atoms with Crippen LogP contribution in [-0.2, 0) is 16.1 Å². The van der Waals surface area contributed by atoms with E-state index >= 15 is 0 Å². The topological polar surface area (TPSA) is 61.8 Å². The van der Waals surface area contributed by atoms with Gasteiger partial charge in [0.2, 0.25) is 11.9 Å². The standard InChI is InChI=1S/C20H31N5O2/c1-2-24-16-20(6-4-18(24)26)5-3-7-23(15-20)14-17-12-21-19(22-13-17)25-8-10-27-11-9-25/h12-13H,2-11,14-16H2,1H3/t20-/m0/s1. The lowest BCUT2D eigenvalue weighted by atomic mass is 9.73. The fraction of sp³-hybridized carbons (Fsp3) is 0.750. The molecule has 7 nitrogen and oxygen atoms in total. The highest BCUT2D eigenvalue weighted by Gasteiger charge is 2.41. The van der Waals surface area contributed by atoms with E-state index in [4.69, 9.17) is 4.74 Å². The third-order valence-corrected chi connectivity index (χ3v) is 6.26. The van der Waals surface area contributed by atoms with E-state index in [9.17, 15) is 4.79 Å². The molecule has 1 atom stereocenters. The Morgan fingerprint density at radius 2 is 1.89 bits per heavy atom. The molecule has 0 radical (unpaired) electrons. The van der Waals surface area contributed by atoms with E-state index in [0.29, 0.717) is 12.3 Å². The van der Waals surface area contributed by atoms with E-state index in [1.807, 2.05) is 17.3 Å². The van der Waals surface area contributed by atoms with Crippen molar-refractivity contribution in [3.63, 3.8) is 0 Å². The Hall–Kier alpha value is -1.73. The molecule has 0 bridgehead atoms. The first-order valence-corrected chi connectivity index (χ1v) is 10.3. The normalized spacial score (nSPS) is 27.4. The number of nitrogens with zero attached hydrogens (tertiary/aromatic N) is 5. The van der Waals surface area contributed by atoms with Crippen LogP contribution < -0.4 is 4.90 Å². The number of carbonyl (C=O) groups is 1. The van der Waals surface area contributed by atoms with Crippen LogP contribution in [0.3, 0.4) is 0 Å². The molecule has 4 rings (SSSR count). The molecule has 3 aliphatic rings. The number of piperidine rings is 2. The summed E-state index contributed by atoms with van der Waals surface area (Å²) >= 11 is 0. The summed E-state index contributed by atoms with van der Waals surface area (Å²) in [7, 11) is 0. The number of hydrogen-bond donors (Lipinski definition) is 0. The molecule has 4 heterocycles. The van der Waals surface area contributed by atoms with Gasteiger partial charge in [0.05, 0.1) is 13.2 Å². The number of carbonyl (C=O) groups excluding carboxylic acids is 1. The third kappa shape index (κ3) is 4.24. The van der Waals surface area contributed by atoms with Gasteiger partial charge in [-0.3, -0.25) is 9.69 Å². The van der Waals surface area contributed by atoms with Crippen molar-refractivity contribution < 1.29 is 9.53 Å². The van der Waals surface area contributed by atoms with Crippen molar-refractivity contribution in [1.29, 1.82) is 0 Å². The molecule has 1 aromatic heterocycles. The zero-order valence-electron chi connectivity index (χ0n) is 16.4. The highest BCUT2D eigenvalue weighted by atomic mass is 16.5. The number of aromatic nitrogens is 2. The highest BCUT2D eigenvalue weighted by molar-refractivity contribution is 5.77. The van der Waals surface area contributed by atoms with E-state index in [1.165, 1.54) is 18.4 Å². The van der Waals surface area contributed by atoms with Crippen LogP contribution in [0.25, 0.3) is 0 Å². The molecular weight excluding hydrogens is 342 g/mol. The smallest absolute Gasteiger partial charge is 0.225 e. The Labute approximate surface area is 161 Å². The molecule has 0 unspecified atom stereocenters. The average molecular weight is 374 g/mol. The Bertz CT molecular complexity index is 646. The van der Waals surface area contributed by atoms with Gasteiger partial charge < -0.3 is 14.5 Å². The molecule has 0 N–H and O–H groups in total. The third-order valence-electron chi connectivity index (χ3n) is 6.26. The molecule has 27 heavy (non-hydrogen) atoms. The zero-order valence-corrected chi connectivity index (χ0v) is 16.4. The fourth-order valence-electron chi connectivity index (χ4n) is 4.78. The Balaban J connectivity index is 1.37. The van der Waals surface area contributed by atoms with Crippen LogP contribution in [-0.4, -0.2) is 78.2 Å². The minimum atomic E-state index is 0.275. The fourth-order valence-corrected chi connectivity index (χ4v) is 4.78. The van der Waals surface area contributed by atoms with E-state index in [2.05, 4.69) is 26.7 Å². The monoisotopic (exact) mass is 373 g/mol. The molecule has 7 heteroatoms. The quantitative estimate of drug-likeness (QED) is 0.798. The molecule has 0 aliphatic carbocycles. The Morgan fingerprint density at radius 3 is 2.63 bits per heavy atom. The van der Waals surface area contributed by atoms with Gasteiger partial charge >= 0.3 is 0 Å². The number of morpholine rings is 1. The summed E-state index contributed by atoms with van der Waals surface area (Å²) in [5, 5.41) is 0. The van der Waals surface area contributed by atoms with Gasteiger partial charge in [0, 0.05) is 69.1 Å². The maximum Gasteiger partial charge on any atom is 0.225 e. The van der Waals surface area contributed by atoms with Crippen LogP contribution in [0.2, 0.25) is 0 Å². The van der Waals surface area contributed by atoms with Gasteiger partial charge in [-0.1, -0.05) is 0 Å². The molecular formula is C20H31N5O2. The molecule has 3 saturated heterocycles. The number of rotatable bonds is 4. The van der Waals surface area contributed by atoms with Crippen molar-refractivity contribution in [3.05, 3.63) is 18.0 Å². The van der Waals surface area contributed by atoms with Gasteiger partial charge in [0.1, 0.15) is 0 Å². The van der Waals surface area contributed by atoms with Gasteiger partial charge in [0.15, 0.2) is 0 Å². The van der Waals surface area contributed by atoms with E-state index < -0.39 is 0 Å². The predicted octanol–water partition coefficient (Wildman–Crippen LogP) is 1.54. The van der Waals surface area contributed by atoms with Crippen molar-refractivity contribution in [2.24, 2.45) is 5.41 Å². The second-order valence-electron chi connectivity index (χ2n) is 8.21. The Kier molecular flexibility index (Phi) is 5.59. The second-order valence-corrected chi connectivity index (χ2v) is 8.21. The summed E-state index contributed by atoms with van der Waals surface area (Å²) in [6, 6.07) is 0. The molecule has 1 amide bonds. The maximum absolute atomic E-state index is 12.1. The van der Waals surface area contributed by atoms with Crippen molar-refractivity contribution in [1.82, 2.24) is 19.8 Å². The first kappa shape index (κ1) is 18.6. The van der Waals surface area contributed by atoms with Crippen LogP contribution in [0.1, 0.15) is 38.2 Å². The van der Waals surface area contributed by atoms with Crippen molar-refractivity contribution >= 4 is 11.9 Å². The van der Waals surface area contributed by atoms with E-state index in [1.54, 1.807) is 0 Å². The SMILES string of the molecule is CCN1C[C@@]2(CCCN(Cc3cnc(N4CCOCC4)nc3)C2)CCC1=O. The second kappa shape index (κ2) is 8.10. The first-order valence-electron chi connectivity index (χ1n) is 10.3. The van der Waals surface area contributed by atoms with Crippen molar-refractivity contribution in [2.45, 2.75) is 39.2 Å². The van der Waals surface area contributed by atoms with Crippen LogP contribution in [0.15, 0.2) is 12.4 Å². The Morgan fingerprint density at radius 1 is 1.11 bits per heavy atom. The van der Waals surface area contributed by atoms with Crippen LogP contribution in [0, 0.1) is 5.41 Å². The minimum Gasteiger partial charge on any atom is -0.378 e. The number of amides is 1. The van der Waals surface area contributed by atoms with E-state index in [0.717, 1.165) is 71.4 Å². The van der Waals surface area contributed by atoms with Gasteiger partial charge in [-0.2, -0.15) is 0 Å². The van der Waals surface area contributed by atoms with Crippen molar-refractivity contribution in [3.8, 4) is 0 Å². The summed E-state index contributed by atoms with van der Waals surface area (Å²) in [6.07, 6.45) is 8.13. The number of hydrogen-bond acceptors (Lipinski definition) is 6. The maximum atomic E-state index is 12.1. The van der Waals surface area contributed by atoms with Gasteiger partial charge in [-0.15, -0.1) is 0 Å². The van der Waals surface area contributed by atoms with Crippen LogP contribution in [0.5, 0.6) is 0 Å². The lowest BCUT2D eigenvalue weighted by Gasteiger charge is -2.48. The van der Waals surface area contributed by atoms with E-state index in [-0.39, 0.29) is 5.41 Å². The highest BCUT2D eigenvalue weighted by Crippen LogP contribution is 2.39. The molecule has 0 saturated carbocycles. The minimum absolute atomic E-state index is 0.275. The van der Waals surface area contributed by atoms with Gasteiger partial charge in [-0.05, 0) is 32.7 Å². The van der Waals surface area contributed by atoms with Crippen LogP contribution >= 0.6 is 0 Å². The molecule has 3 fully saturated rings. The number of ether oxygens (including phenoxy) is 1. The van der Waals surface area contributed by atoms with Gasteiger partial charge in [0.25, 0.3) is 0 Å². The molecule has 148 valence electrons. The lowest BCUT2D eigenvalue weighted by Crippen LogP contribution is -2.53. The summed E-state index contributed by atoms with van der Waals surface area (Å²) in [5.41, 5.74) is 1.44. The first-order chi connectivity index (χ1) is 13.2. The molecule has 1 spiro atoms. The van der Waals surface area contributed by atoms with Gasteiger partial charge in [-0.25, -0.2) is 9.97 Å². The molecule has 3 aliphatic heterocycles. The summed E-state index contributed by atoms with van der Waals surface area (Å²) in [5.74, 6) is 1.13. The summed E-state index contributed by atoms with van der Waals surface area (Å²) < 4.78 is 5.39. The number of anilines is 1. The van der Waals surface area contributed by atoms with Crippen LogP contribution in [0.4, 0.5) is 5.95 Å². The largest absolute Gasteiger partial charge is 0.378 e.